The van der Waals surface area contributed by atoms with Crippen LogP contribution in [0.2, 0.25) is 0 Å². The molecule has 1 aliphatic rings. The Bertz CT molecular complexity index is 1250. The highest BCUT2D eigenvalue weighted by Crippen LogP contribution is 2.29. The van der Waals surface area contributed by atoms with Crippen molar-refractivity contribution in [3.8, 4) is 11.1 Å². The van der Waals surface area contributed by atoms with Crippen LogP contribution in [0.1, 0.15) is 18.7 Å². The van der Waals surface area contributed by atoms with Crippen LogP contribution in [0.25, 0.3) is 16.8 Å². The van der Waals surface area contributed by atoms with Crippen molar-refractivity contribution >= 4 is 17.6 Å². The van der Waals surface area contributed by atoms with Gasteiger partial charge >= 0.3 is 6.01 Å². The van der Waals surface area contributed by atoms with Gasteiger partial charge in [0.05, 0.1) is 0 Å². The zero-order chi connectivity index (χ0) is 21.5. The SMILES string of the molecule is Cc1nnc(N2CCC(Nc3nc4c(-c5ccc(F)c(F)c5F)cccn4n3)CC2)o1. The van der Waals surface area contributed by atoms with Gasteiger partial charge in [-0.05, 0) is 37.1 Å². The minimum Gasteiger partial charge on any atom is -0.408 e. The molecule has 8 nitrogen and oxygen atoms in total. The van der Waals surface area contributed by atoms with E-state index in [1.54, 1.807) is 25.3 Å². The number of pyridine rings is 1. The second-order valence-electron chi connectivity index (χ2n) is 7.36. The predicted molar refractivity (Wildman–Crippen MR) is 106 cm³/mol. The topological polar surface area (TPSA) is 84.4 Å². The first-order valence-electron chi connectivity index (χ1n) is 9.80. The molecule has 0 spiro atoms. The standard InChI is InChI=1S/C20H18F3N7O/c1-11-26-27-20(31-11)29-9-6-12(7-10-29)24-19-25-18-14(3-2-8-30(18)28-19)13-4-5-15(21)17(23)16(13)22/h2-5,8,12H,6-7,9-10H2,1H3,(H,24,28). The third-order valence-electron chi connectivity index (χ3n) is 5.30. The average molecular weight is 429 g/mol. The van der Waals surface area contributed by atoms with E-state index in [9.17, 15) is 13.2 Å². The lowest BCUT2D eigenvalue weighted by Crippen LogP contribution is -2.39. The van der Waals surface area contributed by atoms with Crippen LogP contribution in [0.5, 0.6) is 0 Å². The molecule has 160 valence electrons. The van der Waals surface area contributed by atoms with E-state index in [1.165, 1.54) is 10.6 Å². The Morgan fingerprint density at radius 3 is 2.58 bits per heavy atom. The van der Waals surface area contributed by atoms with Crippen molar-refractivity contribution in [1.82, 2.24) is 24.8 Å². The molecule has 1 aliphatic heterocycles. The Balaban J connectivity index is 1.36. The lowest BCUT2D eigenvalue weighted by atomic mass is 10.1. The van der Waals surface area contributed by atoms with Crippen molar-refractivity contribution in [2.24, 2.45) is 0 Å². The molecule has 0 atom stereocenters. The molecule has 1 N–H and O–H groups in total. The van der Waals surface area contributed by atoms with Gasteiger partial charge in [0, 0.05) is 43.4 Å². The molecule has 1 aromatic carbocycles. The smallest absolute Gasteiger partial charge is 0.318 e. The van der Waals surface area contributed by atoms with Crippen LogP contribution in [0, 0.1) is 24.4 Å². The summed E-state index contributed by atoms with van der Waals surface area (Å²) < 4.78 is 48.3. The fourth-order valence-electron chi connectivity index (χ4n) is 3.72. The Labute approximate surface area is 174 Å². The van der Waals surface area contributed by atoms with Gasteiger partial charge < -0.3 is 14.6 Å². The number of halogens is 3. The van der Waals surface area contributed by atoms with E-state index in [4.69, 9.17) is 4.42 Å². The van der Waals surface area contributed by atoms with Gasteiger partial charge in [-0.1, -0.05) is 5.10 Å². The highest BCUT2D eigenvalue weighted by Gasteiger charge is 2.24. The van der Waals surface area contributed by atoms with Gasteiger partial charge in [-0.15, -0.1) is 10.2 Å². The predicted octanol–water partition coefficient (Wildman–Crippen LogP) is 3.59. The van der Waals surface area contributed by atoms with Crippen molar-refractivity contribution in [2.75, 3.05) is 23.3 Å². The zero-order valence-corrected chi connectivity index (χ0v) is 16.5. The number of aromatic nitrogens is 5. The number of fused-ring (bicyclic) bond motifs is 1. The molecule has 0 saturated carbocycles. The molecule has 1 fully saturated rings. The van der Waals surface area contributed by atoms with Crippen molar-refractivity contribution in [3.63, 3.8) is 0 Å². The van der Waals surface area contributed by atoms with Crippen LogP contribution in [-0.2, 0) is 0 Å². The molecule has 0 radical (unpaired) electrons. The Morgan fingerprint density at radius 2 is 1.84 bits per heavy atom. The summed E-state index contributed by atoms with van der Waals surface area (Å²) in [6.45, 7) is 3.22. The van der Waals surface area contributed by atoms with Gasteiger partial charge in [-0.25, -0.2) is 17.7 Å². The van der Waals surface area contributed by atoms with Gasteiger partial charge in [0.1, 0.15) is 0 Å². The van der Waals surface area contributed by atoms with Crippen molar-refractivity contribution in [2.45, 2.75) is 25.8 Å². The third-order valence-corrected chi connectivity index (χ3v) is 5.30. The maximum absolute atomic E-state index is 14.3. The average Bonchev–Trinajstić information content (AvgIpc) is 3.38. The Hall–Kier alpha value is -3.63. The molecule has 3 aromatic heterocycles. The molecular formula is C20H18F3N7O. The molecule has 0 aliphatic carbocycles. The maximum atomic E-state index is 14.3. The lowest BCUT2D eigenvalue weighted by Gasteiger charge is -2.30. The summed E-state index contributed by atoms with van der Waals surface area (Å²) in [5, 5.41) is 15.6. The number of piperidine rings is 1. The van der Waals surface area contributed by atoms with Gasteiger partial charge in [-0.3, -0.25) is 0 Å². The summed E-state index contributed by atoms with van der Waals surface area (Å²) >= 11 is 0. The van der Waals surface area contributed by atoms with Gasteiger partial charge in [-0.2, -0.15) is 4.98 Å². The highest BCUT2D eigenvalue weighted by molar-refractivity contribution is 5.78. The van der Waals surface area contributed by atoms with Crippen LogP contribution in [-0.4, -0.2) is 43.9 Å². The summed E-state index contributed by atoms with van der Waals surface area (Å²) in [6, 6.07) is 5.97. The van der Waals surface area contributed by atoms with Crippen LogP contribution in [0.3, 0.4) is 0 Å². The van der Waals surface area contributed by atoms with Gasteiger partial charge in [0.2, 0.25) is 11.8 Å². The molecule has 0 amide bonds. The number of benzene rings is 1. The van der Waals surface area contributed by atoms with Crippen molar-refractivity contribution < 1.29 is 17.6 Å². The number of rotatable bonds is 4. The summed E-state index contributed by atoms with van der Waals surface area (Å²) in [7, 11) is 0. The van der Waals surface area contributed by atoms with E-state index in [0.29, 0.717) is 29.1 Å². The Morgan fingerprint density at radius 1 is 1.03 bits per heavy atom. The molecule has 5 rings (SSSR count). The lowest BCUT2D eigenvalue weighted by molar-refractivity contribution is 0.449. The van der Waals surface area contributed by atoms with Gasteiger partial charge in [0.15, 0.2) is 23.1 Å². The Kier molecular flexibility index (Phi) is 4.72. The zero-order valence-electron chi connectivity index (χ0n) is 16.5. The number of anilines is 2. The number of nitrogens with zero attached hydrogens (tertiary/aromatic N) is 6. The number of hydrogen-bond donors (Lipinski definition) is 1. The molecule has 0 unspecified atom stereocenters. The van der Waals surface area contributed by atoms with Crippen molar-refractivity contribution in [3.05, 3.63) is 53.8 Å². The van der Waals surface area contributed by atoms with E-state index in [2.05, 4.69) is 25.6 Å². The second kappa shape index (κ2) is 7.56. The minimum atomic E-state index is -1.51. The van der Waals surface area contributed by atoms with E-state index in [-0.39, 0.29) is 11.6 Å². The minimum absolute atomic E-state index is 0.0772. The molecule has 4 aromatic rings. The second-order valence-corrected chi connectivity index (χ2v) is 7.36. The van der Waals surface area contributed by atoms with Crippen LogP contribution < -0.4 is 10.2 Å². The summed E-state index contributed by atoms with van der Waals surface area (Å²) in [5.74, 6) is -3.10. The fraction of sp³-hybridized carbons (Fsp3) is 0.300. The monoisotopic (exact) mass is 429 g/mol. The third kappa shape index (κ3) is 3.56. The molecule has 11 heteroatoms. The normalized spacial score (nSPS) is 15.0. The van der Waals surface area contributed by atoms with E-state index in [1.807, 2.05) is 4.90 Å². The highest BCUT2D eigenvalue weighted by atomic mass is 19.2. The van der Waals surface area contributed by atoms with E-state index in [0.717, 1.165) is 32.0 Å². The molecule has 4 heterocycles. The molecule has 0 bridgehead atoms. The largest absolute Gasteiger partial charge is 0.408 e. The van der Waals surface area contributed by atoms with Gasteiger partial charge in [0.25, 0.3) is 0 Å². The number of aryl methyl sites for hydroxylation is 1. The first kappa shape index (κ1) is 19.3. The summed E-state index contributed by atoms with van der Waals surface area (Å²) in [6.07, 6.45) is 3.28. The van der Waals surface area contributed by atoms with Crippen LogP contribution >= 0.6 is 0 Å². The summed E-state index contributed by atoms with van der Waals surface area (Å²) in [5.41, 5.74) is 0.585. The first-order chi connectivity index (χ1) is 15.0. The van der Waals surface area contributed by atoms with Crippen LogP contribution in [0.4, 0.5) is 25.1 Å². The molecule has 1 saturated heterocycles. The molecular weight excluding hydrogens is 411 g/mol. The van der Waals surface area contributed by atoms with Crippen molar-refractivity contribution in [1.29, 1.82) is 0 Å². The quantitative estimate of drug-likeness (QED) is 0.497. The molecule has 31 heavy (non-hydrogen) atoms. The summed E-state index contributed by atoms with van der Waals surface area (Å²) in [4.78, 5) is 6.49. The number of nitrogens with one attached hydrogen (secondary N) is 1. The maximum Gasteiger partial charge on any atom is 0.318 e. The van der Waals surface area contributed by atoms with E-state index < -0.39 is 17.5 Å². The fourth-order valence-corrected chi connectivity index (χ4v) is 3.72. The first-order valence-corrected chi connectivity index (χ1v) is 9.80. The number of hydrogen-bond acceptors (Lipinski definition) is 7. The van der Waals surface area contributed by atoms with Crippen LogP contribution in [0.15, 0.2) is 34.9 Å². The van der Waals surface area contributed by atoms with E-state index >= 15 is 0 Å².